The molecule has 1 amide bonds. The number of aromatic carboxylic acids is 1. The number of amides is 1. The van der Waals surface area contributed by atoms with Crippen LogP contribution in [0.4, 0.5) is 0 Å². The lowest BCUT2D eigenvalue weighted by molar-refractivity contribution is -0.135. The van der Waals surface area contributed by atoms with E-state index in [0.717, 1.165) is 42.1 Å². The summed E-state index contributed by atoms with van der Waals surface area (Å²) in [4.78, 5) is 27.5. The molecule has 0 aromatic heterocycles. The van der Waals surface area contributed by atoms with Crippen molar-refractivity contribution in [2.24, 2.45) is 0 Å². The van der Waals surface area contributed by atoms with Crippen molar-refractivity contribution in [3.63, 3.8) is 0 Å². The number of ether oxygens (including phenoxy) is 1. The molecule has 3 rings (SSSR count). The SMILES string of the molecule is Cc1cc(C)cc(OCC(=O)N2CCN(Cc3ccc(C(=O)O)cc3)CC2)c1. The van der Waals surface area contributed by atoms with Gasteiger partial charge in [0.05, 0.1) is 5.56 Å². The summed E-state index contributed by atoms with van der Waals surface area (Å²) in [5.74, 6) is -0.180. The Hall–Kier alpha value is -2.86. The third-order valence-corrected chi connectivity index (χ3v) is 4.89. The van der Waals surface area contributed by atoms with E-state index < -0.39 is 5.97 Å². The van der Waals surface area contributed by atoms with Crippen LogP contribution in [0, 0.1) is 13.8 Å². The zero-order valence-corrected chi connectivity index (χ0v) is 16.4. The third-order valence-electron chi connectivity index (χ3n) is 4.89. The second-order valence-electron chi connectivity index (χ2n) is 7.27. The van der Waals surface area contributed by atoms with Crippen molar-refractivity contribution in [2.45, 2.75) is 20.4 Å². The van der Waals surface area contributed by atoms with Crippen molar-refractivity contribution in [1.29, 1.82) is 0 Å². The fourth-order valence-electron chi connectivity index (χ4n) is 3.42. The Bertz CT molecular complexity index is 820. The second kappa shape index (κ2) is 8.89. The number of carboxylic acid groups (broad SMARTS) is 1. The van der Waals surface area contributed by atoms with Gasteiger partial charge in [0.1, 0.15) is 5.75 Å². The van der Waals surface area contributed by atoms with E-state index in [0.29, 0.717) is 18.7 Å². The number of benzene rings is 2. The summed E-state index contributed by atoms with van der Waals surface area (Å²) in [5.41, 5.74) is 3.60. The van der Waals surface area contributed by atoms with Crippen LogP contribution in [0.2, 0.25) is 0 Å². The molecule has 0 aliphatic carbocycles. The number of hydrogen-bond acceptors (Lipinski definition) is 4. The Labute approximate surface area is 165 Å². The highest BCUT2D eigenvalue weighted by molar-refractivity contribution is 5.87. The summed E-state index contributed by atoms with van der Waals surface area (Å²) in [6.07, 6.45) is 0. The zero-order chi connectivity index (χ0) is 20.1. The number of hydrogen-bond donors (Lipinski definition) is 1. The van der Waals surface area contributed by atoms with Crippen LogP contribution in [-0.4, -0.2) is 59.6 Å². The Morgan fingerprint density at radius 3 is 2.14 bits per heavy atom. The first-order chi connectivity index (χ1) is 13.4. The van der Waals surface area contributed by atoms with Gasteiger partial charge in [0, 0.05) is 32.7 Å². The van der Waals surface area contributed by atoms with E-state index in [9.17, 15) is 9.59 Å². The summed E-state index contributed by atoms with van der Waals surface area (Å²) in [5, 5.41) is 8.96. The minimum absolute atomic E-state index is 0.00428. The summed E-state index contributed by atoms with van der Waals surface area (Å²) in [7, 11) is 0. The van der Waals surface area contributed by atoms with E-state index in [4.69, 9.17) is 9.84 Å². The minimum atomic E-state index is -0.915. The average molecular weight is 382 g/mol. The number of nitrogens with zero attached hydrogens (tertiary/aromatic N) is 2. The van der Waals surface area contributed by atoms with Gasteiger partial charge >= 0.3 is 5.97 Å². The van der Waals surface area contributed by atoms with Gasteiger partial charge in [-0.2, -0.15) is 0 Å². The first kappa shape index (κ1) is 19.9. The molecule has 6 nitrogen and oxygen atoms in total. The zero-order valence-electron chi connectivity index (χ0n) is 16.4. The molecule has 0 spiro atoms. The second-order valence-corrected chi connectivity index (χ2v) is 7.27. The van der Waals surface area contributed by atoms with Gasteiger partial charge in [-0.25, -0.2) is 4.79 Å². The van der Waals surface area contributed by atoms with Crippen LogP contribution in [0.3, 0.4) is 0 Å². The van der Waals surface area contributed by atoms with Crippen molar-refractivity contribution < 1.29 is 19.4 Å². The maximum absolute atomic E-state index is 12.4. The molecule has 0 bridgehead atoms. The van der Waals surface area contributed by atoms with Gasteiger partial charge in [-0.1, -0.05) is 18.2 Å². The van der Waals surface area contributed by atoms with Crippen LogP contribution in [-0.2, 0) is 11.3 Å². The molecule has 6 heteroatoms. The number of piperazine rings is 1. The molecule has 0 saturated carbocycles. The highest BCUT2D eigenvalue weighted by Crippen LogP contribution is 2.16. The Balaban J connectivity index is 1.45. The molecule has 2 aromatic carbocycles. The molecule has 1 N–H and O–H groups in total. The van der Waals surface area contributed by atoms with Crippen molar-refractivity contribution in [3.05, 3.63) is 64.7 Å². The smallest absolute Gasteiger partial charge is 0.335 e. The largest absolute Gasteiger partial charge is 0.484 e. The van der Waals surface area contributed by atoms with Gasteiger partial charge in [0.25, 0.3) is 5.91 Å². The fraction of sp³-hybridized carbons (Fsp3) is 0.364. The number of carbonyl (C=O) groups is 2. The third kappa shape index (κ3) is 5.33. The quantitative estimate of drug-likeness (QED) is 0.832. The Morgan fingerprint density at radius 1 is 0.964 bits per heavy atom. The number of rotatable bonds is 6. The number of carbonyl (C=O) groups excluding carboxylic acids is 1. The molecule has 1 aliphatic rings. The fourth-order valence-corrected chi connectivity index (χ4v) is 3.42. The van der Waals surface area contributed by atoms with Gasteiger partial charge < -0.3 is 14.7 Å². The molecule has 0 radical (unpaired) electrons. The molecule has 0 unspecified atom stereocenters. The lowest BCUT2D eigenvalue weighted by Crippen LogP contribution is -2.49. The standard InChI is InChI=1S/C22H26N2O4/c1-16-11-17(2)13-20(12-16)28-15-21(25)24-9-7-23(8-10-24)14-18-3-5-19(6-4-18)22(26)27/h3-6,11-13H,7-10,14-15H2,1-2H3,(H,26,27). The summed E-state index contributed by atoms with van der Waals surface area (Å²) >= 11 is 0. The predicted octanol–water partition coefficient (Wildman–Crippen LogP) is 2.72. The molecule has 2 aromatic rings. The highest BCUT2D eigenvalue weighted by atomic mass is 16.5. The van der Waals surface area contributed by atoms with Crippen LogP contribution >= 0.6 is 0 Å². The number of carboxylic acids is 1. The van der Waals surface area contributed by atoms with Crippen molar-refractivity contribution in [3.8, 4) is 5.75 Å². The van der Waals surface area contributed by atoms with Crippen LogP contribution in [0.1, 0.15) is 27.0 Å². The summed E-state index contributed by atoms with van der Waals surface area (Å²) in [6, 6.07) is 12.9. The lowest BCUT2D eigenvalue weighted by atomic mass is 10.1. The van der Waals surface area contributed by atoms with E-state index in [-0.39, 0.29) is 12.5 Å². The maximum atomic E-state index is 12.4. The van der Waals surface area contributed by atoms with Crippen molar-refractivity contribution in [2.75, 3.05) is 32.8 Å². The molecule has 1 saturated heterocycles. The Kier molecular flexibility index (Phi) is 6.31. The molecular formula is C22H26N2O4. The maximum Gasteiger partial charge on any atom is 0.335 e. The van der Waals surface area contributed by atoms with E-state index in [1.165, 1.54) is 0 Å². The van der Waals surface area contributed by atoms with Crippen molar-refractivity contribution >= 4 is 11.9 Å². The van der Waals surface area contributed by atoms with Gasteiger partial charge in [-0.15, -0.1) is 0 Å². The van der Waals surface area contributed by atoms with Crippen LogP contribution in [0.25, 0.3) is 0 Å². The Morgan fingerprint density at radius 2 is 1.57 bits per heavy atom. The van der Waals surface area contributed by atoms with E-state index >= 15 is 0 Å². The summed E-state index contributed by atoms with van der Waals surface area (Å²) in [6.45, 7) is 7.74. The topological polar surface area (TPSA) is 70.1 Å². The van der Waals surface area contributed by atoms with E-state index in [1.807, 2.05) is 43.0 Å². The van der Waals surface area contributed by atoms with Crippen LogP contribution in [0.5, 0.6) is 5.75 Å². The number of aryl methyl sites for hydroxylation is 2. The average Bonchev–Trinajstić information content (AvgIpc) is 2.66. The molecule has 0 atom stereocenters. The van der Waals surface area contributed by atoms with Gasteiger partial charge in [0.2, 0.25) is 0 Å². The summed E-state index contributed by atoms with van der Waals surface area (Å²) < 4.78 is 5.68. The molecule has 1 fully saturated rings. The van der Waals surface area contributed by atoms with Crippen LogP contribution in [0.15, 0.2) is 42.5 Å². The van der Waals surface area contributed by atoms with Crippen molar-refractivity contribution in [1.82, 2.24) is 9.80 Å². The normalized spacial score (nSPS) is 14.7. The highest BCUT2D eigenvalue weighted by Gasteiger charge is 2.21. The molecule has 148 valence electrons. The predicted molar refractivity (Wildman–Crippen MR) is 107 cm³/mol. The van der Waals surface area contributed by atoms with Crippen LogP contribution < -0.4 is 4.74 Å². The molecule has 28 heavy (non-hydrogen) atoms. The van der Waals surface area contributed by atoms with E-state index in [1.54, 1.807) is 12.1 Å². The van der Waals surface area contributed by atoms with Gasteiger partial charge in [-0.05, 0) is 54.8 Å². The van der Waals surface area contributed by atoms with E-state index in [2.05, 4.69) is 11.0 Å². The molecule has 1 aliphatic heterocycles. The molecular weight excluding hydrogens is 356 g/mol. The first-order valence-electron chi connectivity index (χ1n) is 9.44. The molecule has 1 heterocycles. The lowest BCUT2D eigenvalue weighted by Gasteiger charge is -2.34. The van der Waals surface area contributed by atoms with Gasteiger partial charge in [0.15, 0.2) is 6.61 Å². The minimum Gasteiger partial charge on any atom is -0.484 e. The monoisotopic (exact) mass is 382 g/mol. The first-order valence-corrected chi connectivity index (χ1v) is 9.44. The van der Waals surface area contributed by atoms with Gasteiger partial charge in [-0.3, -0.25) is 9.69 Å².